The van der Waals surface area contributed by atoms with Gasteiger partial charge in [0.05, 0.1) is 19.4 Å². The van der Waals surface area contributed by atoms with Gasteiger partial charge in [-0.15, -0.1) is 0 Å². The SMILES string of the molecule is CCOC(=O)CCNC(=O)NC(C)CC(=O)O. The van der Waals surface area contributed by atoms with Crippen LogP contribution in [0.25, 0.3) is 0 Å². The number of nitrogens with one attached hydrogen (secondary N) is 2. The van der Waals surface area contributed by atoms with Crippen molar-refractivity contribution in [1.82, 2.24) is 10.6 Å². The minimum atomic E-state index is -0.982. The number of carboxylic acid groups (broad SMARTS) is 1. The molecule has 1 atom stereocenters. The van der Waals surface area contributed by atoms with Gasteiger partial charge in [-0.2, -0.15) is 0 Å². The zero-order valence-corrected chi connectivity index (χ0v) is 9.99. The second-order valence-corrected chi connectivity index (χ2v) is 3.45. The van der Waals surface area contributed by atoms with Crippen LogP contribution in [0.5, 0.6) is 0 Å². The molecule has 0 aromatic heterocycles. The number of aliphatic carboxylic acids is 1. The molecule has 0 heterocycles. The van der Waals surface area contributed by atoms with Crippen LogP contribution in [0, 0.1) is 0 Å². The first-order valence-electron chi connectivity index (χ1n) is 5.37. The average Bonchev–Trinajstić information content (AvgIpc) is 2.16. The van der Waals surface area contributed by atoms with Crippen molar-refractivity contribution in [3.8, 4) is 0 Å². The van der Waals surface area contributed by atoms with Crippen LogP contribution in [0.15, 0.2) is 0 Å². The number of rotatable bonds is 7. The lowest BCUT2D eigenvalue weighted by Gasteiger charge is -2.12. The van der Waals surface area contributed by atoms with Crippen molar-refractivity contribution < 1.29 is 24.2 Å². The van der Waals surface area contributed by atoms with Gasteiger partial charge >= 0.3 is 18.0 Å². The van der Waals surface area contributed by atoms with Crippen molar-refractivity contribution in [1.29, 1.82) is 0 Å². The van der Waals surface area contributed by atoms with Gasteiger partial charge in [-0.1, -0.05) is 0 Å². The third-order valence-corrected chi connectivity index (χ3v) is 1.78. The molecule has 7 nitrogen and oxygen atoms in total. The summed E-state index contributed by atoms with van der Waals surface area (Å²) >= 11 is 0. The first kappa shape index (κ1) is 15.2. The number of carboxylic acids is 1. The van der Waals surface area contributed by atoms with Gasteiger partial charge in [-0.3, -0.25) is 9.59 Å². The zero-order valence-electron chi connectivity index (χ0n) is 9.99. The van der Waals surface area contributed by atoms with Gasteiger partial charge in [0, 0.05) is 12.6 Å². The lowest BCUT2D eigenvalue weighted by molar-refractivity contribution is -0.143. The fraction of sp³-hybridized carbons (Fsp3) is 0.700. The Morgan fingerprint density at radius 2 is 2.00 bits per heavy atom. The second kappa shape index (κ2) is 8.37. The molecule has 0 fully saturated rings. The van der Waals surface area contributed by atoms with Crippen LogP contribution in [0.4, 0.5) is 4.79 Å². The maximum absolute atomic E-state index is 11.2. The van der Waals surface area contributed by atoms with E-state index in [4.69, 9.17) is 5.11 Å². The third-order valence-electron chi connectivity index (χ3n) is 1.78. The Balaban J connectivity index is 3.65. The maximum Gasteiger partial charge on any atom is 0.315 e. The van der Waals surface area contributed by atoms with Crippen molar-refractivity contribution in [3.63, 3.8) is 0 Å². The predicted molar refractivity (Wildman–Crippen MR) is 59.5 cm³/mol. The summed E-state index contributed by atoms with van der Waals surface area (Å²) < 4.78 is 4.67. The van der Waals surface area contributed by atoms with Gasteiger partial charge in [-0.25, -0.2) is 4.79 Å². The standard InChI is InChI=1S/C10H18N2O5/c1-3-17-9(15)4-5-11-10(16)12-7(2)6-8(13)14/h7H,3-6H2,1-2H3,(H,13,14)(H2,11,12,16). The Labute approximate surface area is 99.5 Å². The average molecular weight is 246 g/mol. The van der Waals surface area contributed by atoms with E-state index in [-0.39, 0.29) is 25.4 Å². The molecule has 0 radical (unpaired) electrons. The van der Waals surface area contributed by atoms with E-state index in [0.717, 1.165) is 0 Å². The molecule has 0 aromatic rings. The molecule has 0 spiro atoms. The van der Waals surface area contributed by atoms with Gasteiger partial charge in [-0.05, 0) is 13.8 Å². The van der Waals surface area contributed by atoms with Gasteiger partial charge in [0.2, 0.25) is 0 Å². The lowest BCUT2D eigenvalue weighted by atomic mass is 10.2. The Morgan fingerprint density at radius 3 is 2.53 bits per heavy atom. The Morgan fingerprint density at radius 1 is 1.35 bits per heavy atom. The summed E-state index contributed by atoms with van der Waals surface area (Å²) in [5.74, 6) is -1.37. The molecule has 0 rings (SSSR count). The number of esters is 1. The highest BCUT2D eigenvalue weighted by Crippen LogP contribution is 1.90. The van der Waals surface area contributed by atoms with Crippen LogP contribution in [-0.4, -0.2) is 42.3 Å². The number of ether oxygens (including phenoxy) is 1. The summed E-state index contributed by atoms with van der Waals surface area (Å²) in [6.45, 7) is 3.75. The molecule has 7 heteroatoms. The van der Waals surface area contributed by atoms with Crippen LogP contribution in [-0.2, 0) is 14.3 Å². The normalized spacial score (nSPS) is 11.4. The quantitative estimate of drug-likeness (QED) is 0.553. The van der Waals surface area contributed by atoms with Gasteiger partial charge in [0.1, 0.15) is 0 Å². The van der Waals surface area contributed by atoms with E-state index in [1.165, 1.54) is 0 Å². The molecule has 0 saturated carbocycles. The van der Waals surface area contributed by atoms with Gasteiger partial charge in [0.15, 0.2) is 0 Å². The lowest BCUT2D eigenvalue weighted by Crippen LogP contribution is -2.42. The molecule has 0 aliphatic carbocycles. The van der Waals surface area contributed by atoms with Gasteiger partial charge < -0.3 is 20.5 Å². The van der Waals surface area contributed by atoms with Crippen LogP contribution in [0.1, 0.15) is 26.7 Å². The molecule has 17 heavy (non-hydrogen) atoms. The van der Waals surface area contributed by atoms with Crippen molar-refractivity contribution in [2.45, 2.75) is 32.7 Å². The number of hydrogen-bond donors (Lipinski definition) is 3. The first-order chi connectivity index (χ1) is 7.95. The van der Waals surface area contributed by atoms with Crippen molar-refractivity contribution in [2.24, 2.45) is 0 Å². The van der Waals surface area contributed by atoms with Crippen LogP contribution in [0.3, 0.4) is 0 Å². The molecule has 0 aromatic carbocycles. The molecule has 0 aliphatic heterocycles. The number of urea groups is 1. The Kier molecular flexibility index (Phi) is 7.49. The first-order valence-corrected chi connectivity index (χ1v) is 5.37. The fourth-order valence-corrected chi connectivity index (χ4v) is 1.10. The monoisotopic (exact) mass is 246 g/mol. The summed E-state index contributed by atoms with van der Waals surface area (Å²) in [5, 5.41) is 13.3. The highest BCUT2D eigenvalue weighted by atomic mass is 16.5. The minimum absolute atomic E-state index is 0.0918. The van der Waals surface area contributed by atoms with E-state index in [1.54, 1.807) is 13.8 Å². The second-order valence-electron chi connectivity index (χ2n) is 3.45. The highest BCUT2D eigenvalue weighted by Gasteiger charge is 2.10. The van der Waals surface area contributed by atoms with E-state index < -0.39 is 18.0 Å². The topological polar surface area (TPSA) is 105 Å². The van der Waals surface area contributed by atoms with E-state index in [0.29, 0.717) is 6.61 Å². The molecule has 1 unspecified atom stereocenters. The van der Waals surface area contributed by atoms with E-state index in [2.05, 4.69) is 15.4 Å². The Hall–Kier alpha value is -1.79. The molecule has 98 valence electrons. The fourth-order valence-electron chi connectivity index (χ4n) is 1.10. The van der Waals surface area contributed by atoms with Gasteiger partial charge in [0.25, 0.3) is 0 Å². The van der Waals surface area contributed by atoms with Crippen LogP contribution in [0.2, 0.25) is 0 Å². The highest BCUT2D eigenvalue weighted by molar-refractivity contribution is 5.76. The number of hydrogen-bond acceptors (Lipinski definition) is 4. The minimum Gasteiger partial charge on any atom is -0.481 e. The summed E-state index contributed by atoms with van der Waals surface area (Å²) in [6, 6.07) is -0.960. The molecule has 0 aliphatic rings. The Bertz CT molecular complexity index is 280. The van der Waals surface area contributed by atoms with E-state index >= 15 is 0 Å². The number of carbonyl (C=O) groups excluding carboxylic acids is 2. The number of amides is 2. The van der Waals surface area contributed by atoms with Crippen molar-refractivity contribution in [3.05, 3.63) is 0 Å². The summed E-state index contributed by atoms with van der Waals surface area (Å²) in [6.07, 6.45) is -0.0557. The molecular weight excluding hydrogens is 228 g/mol. The van der Waals surface area contributed by atoms with Crippen LogP contribution < -0.4 is 10.6 Å². The molecule has 0 saturated heterocycles. The van der Waals surface area contributed by atoms with Crippen molar-refractivity contribution in [2.75, 3.05) is 13.2 Å². The zero-order chi connectivity index (χ0) is 13.3. The summed E-state index contributed by atoms with van der Waals surface area (Å²) in [5.41, 5.74) is 0. The molecular formula is C10H18N2O5. The molecule has 3 N–H and O–H groups in total. The van der Waals surface area contributed by atoms with E-state index in [1.807, 2.05) is 0 Å². The van der Waals surface area contributed by atoms with Crippen LogP contribution >= 0.6 is 0 Å². The predicted octanol–water partition coefficient (Wildman–Crippen LogP) is 0.102. The molecule has 2 amide bonds. The third kappa shape index (κ3) is 9.16. The summed E-state index contributed by atoms with van der Waals surface area (Å²) in [7, 11) is 0. The summed E-state index contributed by atoms with van der Waals surface area (Å²) in [4.78, 5) is 32.5. The van der Waals surface area contributed by atoms with E-state index in [9.17, 15) is 14.4 Å². The number of carbonyl (C=O) groups is 3. The largest absolute Gasteiger partial charge is 0.481 e. The van der Waals surface area contributed by atoms with Crippen molar-refractivity contribution >= 4 is 18.0 Å². The smallest absolute Gasteiger partial charge is 0.315 e. The molecule has 0 bridgehead atoms. The maximum atomic E-state index is 11.2.